The van der Waals surface area contributed by atoms with Crippen molar-refractivity contribution in [1.29, 1.82) is 0 Å². The van der Waals surface area contributed by atoms with Gasteiger partial charge in [-0.1, -0.05) is 13.8 Å². The van der Waals surface area contributed by atoms with Gasteiger partial charge in [0.2, 0.25) is 0 Å². The van der Waals surface area contributed by atoms with Gasteiger partial charge in [-0.05, 0) is 47.1 Å². The fraction of sp³-hybridized carbons (Fsp3) is 1.00. The molecule has 0 saturated heterocycles. The molecule has 4 nitrogen and oxygen atoms in total. The second-order valence-corrected chi connectivity index (χ2v) is 11.7. The van der Waals surface area contributed by atoms with E-state index < -0.39 is 17.8 Å². The average molecular weight is 323 g/mol. The van der Waals surface area contributed by atoms with Crippen LogP contribution in [0.5, 0.6) is 0 Å². The van der Waals surface area contributed by atoms with E-state index in [0.717, 1.165) is 31.7 Å². The maximum absolute atomic E-state index is 6.07. The Morgan fingerprint density at radius 1 is 0.850 bits per heavy atom. The Labute approximate surface area is 128 Å². The lowest BCUT2D eigenvalue weighted by atomic mass is 10.5. The van der Waals surface area contributed by atoms with Crippen molar-refractivity contribution in [3.8, 4) is 0 Å². The first kappa shape index (κ1) is 20.3. The van der Waals surface area contributed by atoms with Crippen LogP contribution in [0, 0.1) is 0 Å². The van der Waals surface area contributed by atoms with Crippen LogP contribution >= 0.6 is 0 Å². The van der Waals surface area contributed by atoms with Crippen LogP contribution in [-0.2, 0) is 17.7 Å². The van der Waals surface area contributed by atoms with Gasteiger partial charge in [0.25, 0.3) is 0 Å². The summed E-state index contributed by atoms with van der Waals surface area (Å²) in [5.41, 5.74) is 0.851. The molecule has 0 bridgehead atoms. The highest BCUT2D eigenvalue weighted by Crippen LogP contribution is 2.19. The van der Waals surface area contributed by atoms with Crippen LogP contribution in [0.1, 0.15) is 54.4 Å². The summed E-state index contributed by atoms with van der Waals surface area (Å²) < 4.78 is 24.1. The van der Waals surface area contributed by atoms with Crippen molar-refractivity contribution in [2.45, 2.75) is 78.8 Å². The summed E-state index contributed by atoms with van der Waals surface area (Å²) in [6.45, 7) is 16.1. The molecule has 0 aromatic rings. The molecule has 0 saturated carbocycles. The van der Waals surface area contributed by atoms with Crippen molar-refractivity contribution in [3.63, 3.8) is 0 Å². The second-order valence-electron chi connectivity index (χ2n) is 5.83. The van der Waals surface area contributed by atoms with Crippen LogP contribution in [0.15, 0.2) is 0 Å². The third-order valence-corrected chi connectivity index (χ3v) is 10.2. The zero-order valence-electron chi connectivity index (χ0n) is 14.4. The first-order valence-electron chi connectivity index (χ1n) is 7.91. The summed E-state index contributed by atoms with van der Waals surface area (Å²) in [5.74, 6) is 0. The highest BCUT2D eigenvalue weighted by molar-refractivity contribution is 6.77. The molecule has 0 aromatic heterocycles. The van der Waals surface area contributed by atoms with Gasteiger partial charge < -0.3 is 17.7 Å². The molecule has 0 N–H and O–H groups in total. The minimum absolute atomic E-state index is 0.195. The molecule has 0 heterocycles. The van der Waals surface area contributed by atoms with Gasteiger partial charge >= 0.3 is 17.8 Å². The van der Waals surface area contributed by atoms with Crippen molar-refractivity contribution < 1.29 is 17.7 Å². The highest BCUT2D eigenvalue weighted by atomic mass is 28.4. The van der Waals surface area contributed by atoms with Gasteiger partial charge in [0, 0.05) is 31.1 Å². The van der Waals surface area contributed by atoms with Gasteiger partial charge in [0.15, 0.2) is 0 Å². The topological polar surface area (TPSA) is 36.9 Å². The predicted molar refractivity (Wildman–Crippen MR) is 88.5 cm³/mol. The SMILES string of the molecule is CCCO[Si](C)(C[SiH](OC(C)C)OC(C)C)OCCC. The molecule has 0 aromatic carbocycles. The van der Waals surface area contributed by atoms with Gasteiger partial charge in [0.05, 0.1) is 0 Å². The molecule has 0 rings (SSSR count). The predicted octanol–water partition coefficient (Wildman–Crippen LogP) is 3.52. The van der Waals surface area contributed by atoms with Gasteiger partial charge in [-0.3, -0.25) is 0 Å². The summed E-state index contributed by atoms with van der Waals surface area (Å²) in [7, 11) is -3.92. The summed E-state index contributed by atoms with van der Waals surface area (Å²) in [6, 6.07) is 0. The molecule has 0 aliphatic carbocycles. The fourth-order valence-electron chi connectivity index (χ4n) is 1.83. The molecule has 0 radical (unpaired) electrons. The third-order valence-electron chi connectivity index (χ3n) is 2.61. The Hall–Kier alpha value is 0.274. The van der Waals surface area contributed by atoms with E-state index in [1.54, 1.807) is 0 Å². The standard InChI is InChI=1S/C14H34O4Si2/c1-8-10-15-20(7,16-11-9-2)12-19(17-13(3)4)18-14(5)6/h13-14,19H,8-12H2,1-7H3. The molecule has 122 valence electrons. The minimum Gasteiger partial charge on any atom is -0.394 e. The largest absolute Gasteiger partial charge is 0.394 e. The van der Waals surface area contributed by atoms with Gasteiger partial charge in [-0.15, -0.1) is 0 Å². The Balaban J connectivity index is 4.66. The fourth-order valence-corrected chi connectivity index (χ4v) is 8.60. The molecule has 0 spiro atoms. The van der Waals surface area contributed by atoms with E-state index in [4.69, 9.17) is 17.7 Å². The normalized spacial score (nSPS) is 12.9. The number of hydrogen-bond donors (Lipinski definition) is 0. The first-order chi connectivity index (χ1) is 9.33. The van der Waals surface area contributed by atoms with Crippen molar-refractivity contribution in [1.82, 2.24) is 0 Å². The molecular weight excluding hydrogens is 288 g/mol. The van der Waals surface area contributed by atoms with Gasteiger partial charge in [-0.25, -0.2) is 0 Å². The van der Waals surface area contributed by atoms with E-state index in [0.29, 0.717) is 0 Å². The van der Waals surface area contributed by atoms with Crippen LogP contribution in [0.2, 0.25) is 12.2 Å². The van der Waals surface area contributed by atoms with Gasteiger partial charge in [-0.2, -0.15) is 0 Å². The number of rotatable bonds is 12. The lowest BCUT2D eigenvalue weighted by molar-refractivity contribution is 0.125. The van der Waals surface area contributed by atoms with E-state index in [9.17, 15) is 0 Å². The zero-order valence-corrected chi connectivity index (χ0v) is 16.6. The second kappa shape index (κ2) is 10.9. The Morgan fingerprint density at radius 2 is 1.25 bits per heavy atom. The molecule has 0 aliphatic heterocycles. The van der Waals surface area contributed by atoms with Crippen molar-refractivity contribution in [2.75, 3.05) is 13.2 Å². The summed E-state index contributed by atoms with van der Waals surface area (Å²) >= 11 is 0. The zero-order chi connectivity index (χ0) is 15.6. The van der Waals surface area contributed by atoms with E-state index >= 15 is 0 Å². The van der Waals surface area contributed by atoms with Gasteiger partial charge in [0.1, 0.15) is 0 Å². The van der Waals surface area contributed by atoms with E-state index in [-0.39, 0.29) is 12.2 Å². The molecule has 6 heteroatoms. The first-order valence-corrected chi connectivity index (χ1v) is 12.2. The summed E-state index contributed by atoms with van der Waals surface area (Å²) in [4.78, 5) is 0. The maximum Gasteiger partial charge on any atom is 0.336 e. The molecule has 0 aliphatic rings. The highest BCUT2D eigenvalue weighted by Gasteiger charge is 2.37. The van der Waals surface area contributed by atoms with Crippen LogP contribution in [-0.4, -0.2) is 43.3 Å². The van der Waals surface area contributed by atoms with Crippen molar-refractivity contribution >= 4 is 17.8 Å². The lowest BCUT2D eigenvalue weighted by Crippen LogP contribution is -2.46. The molecular formula is C14H34O4Si2. The monoisotopic (exact) mass is 322 g/mol. The minimum atomic E-state index is -2.18. The Morgan fingerprint density at radius 3 is 1.55 bits per heavy atom. The maximum atomic E-state index is 6.07. The quantitative estimate of drug-likeness (QED) is 0.515. The van der Waals surface area contributed by atoms with Crippen LogP contribution < -0.4 is 0 Å². The molecule has 0 fully saturated rings. The third kappa shape index (κ3) is 10.1. The molecule has 20 heavy (non-hydrogen) atoms. The Bertz CT molecular complexity index is 219. The van der Waals surface area contributed by atoms with Crippen LogP contribution in [0.4, 0.5) is 0 Å². The van der Waals surface area contributed by atoms with Crippen LogP contribution in [0.25, 0.3) is 0 Å². The molecule has 0 amide bonds. The lowest BCUT2D eigenvalue weighted by Gasteiger charge is -2.31. The Kier molecular flexibility index (Phi) is 11.1. The molecule has 0 unspecified atom stereocenters. The van der Waals surface area contributed by atoms with E-state index in [1.807, 2.05) is 0 Å². The van der Waals surface area contributed by atoms with E-state index in [2.05, 4.69) is 48.1 Å². The average Bonchev–Trinajstić information content (AvgIpc) is 2.32. The molecule has 0 atom stereocenters. The van der Waals surface area contributed by atoms with E-state index in [1.165, 1.54) is 0 Å². The summed E-state index contributed by atoms with van der Waals surface area (Å²) in [6.07, 6.45) is 2.42. The van der Waals surface area contributed by atoms with Crippen molar-refractivity contribution in [3.05, 3.63) is 0 Å². The summed E-state index contributed by atoms with van der Waals surface area (Å²) in [5, 5.41) is 0. The van der Waals surface area contributed by atoms with Crippen molar-refractivity contribution in [2.24, 2.45) is 0 Å². The van der Waals surface area contributed by atoms with Crippen LogP contribution in [0.3, 0.4) is 0 Å². The smallest absolute Gasteiger partial charge is 0.336 e. The number of hydrogen-bond acceptors (Lipinski definition) is 4.